The lowest BCUT2D eigenvalue weighted by Gasteiger charge is -2.40. The van der Waals surface area contributed by atoms with Crippen LogP contribution in [-0.4, -0.2) is 44.3 Å². The molecule has 1 N–H and O–H groups in total. The number of aromatic nitrogens is 2. The van der Waals surface area contributed by atoms with E-state index in [1.165, 1.54) is 11.1 Å². The SMILES string of the molecule is CCCn1cc(C(=O)N(C)C2(C(=O)O)CCCCC2)cn1. The van der Waals surface area contributed by atoms with Gasteiger partial charge in [0.15, 0.2) is 0 Å². The second kappa shape index (κ2) is 6.28. The molecule has 1 heterocycles. The van der Waals surface area contributed by atoms with Crippen molar-refractivity contribution in [3.63, 3.8) is 0 Å². The van der Waals surface area contributed by atoms with Gasteiger partial charge in [0.25, 0.3) is 5.91 Å². The summed E-state index contributed by atoms with van der Waals surface area (Å²) in [6.45, 7) is 2.79. The Morgan fingerprint density at radius 3 is 2.62 bits per heavy atom. The van der Waals surface area contributed by atoms with E-state index >= 15 is 0 Å². The van der Waals surface area contributed by atoms with Crippen LogP contribution in [0, 0.1) is 0 Å². The molecule has 6 heteroatoms. The number of carbonyl (C=O) groups is 2. The normalized spacial score (nSPS) is 17.4. The van der Waals surface area contributed by atoms with Crippen molar-refractivity contribution in [3.05, 3.63) is 18.0 Å². The van der Waals surface area contributed by atoms with E-state index in [2.05, 4.69) is 5.10 Å². The maximum Gasteiger partial charge on any atom is 0.329 e. The topological polar surface area (TPSA) is 75.4 Å². The van der Waals surface area contributed by atoms with Crippen LogP contribution in [0.25, 0.3) is 0 Å². The third kappa shape index (κ3) is 2.94. The maximum atomic E-state index is 12.6. The first kappa shape index (κ1) is 15.5. The summed E-state index contributed by atoms with van der Waals surface area (Å²) in [6, 6.07) is 0. The summed E-state index contributed by atoms with van der Waals surface area (Å²) in [5.74, 6) is -1.17. The van der Waals surface area contributed by atoms with Gasteiger partial charge in [-0.3, -0.25) is 9.48 Å². The quantitative estimate of drug-likeness (QED) is 0.902. The molecule has 0 radical (unpaired) electrons. The summed E-state index contributed by atoms with van der Waals surface area (Å²) in [4.78, 5) is 25.7. The van der Waals surface area contributed by atoms with Crippen LogP contribution >= 0.6 is 0 Å². The Balaban J connectivity index is 2.21. The van der Waals surface area contributed by atoms with Gasteiger partial charge in [-0.25, -0.2) is 4.79 Å². The Morgan fingerprint density at radius 2 is 2.05 bits per heavy atom. The summed E-state index contributed by atoms with van der Waals surface area (Å²) in [5.41, 5.74) is -0.612. The molecule has 0 saturated heterocycles. The zero-order valence-corrected chi connectivity index (χ0v) is 12.7. The molecule has 0 spiro atoms. The third-order valence-electron chi connectivity index (χ3n) is 4.36. The minimum Gasteiger partial charge on any atom is -0.479 e. The Kier molecular flexibility index (Phi) is 4.65. The van der Waals surface area contributed by atoms with Crippen LogP contribution in [0.15, 0.2) is 12.4 Å². The van der Waals surface area contributed by atoms with Crippen molar-refractivity contribution < 1.29 is 14.7 Å². The molecule has 0 aliphatic heterocycles. The molecule has 2 rings (SSSR count). The van der Waals surface area contributed by atoms with E-state index in [0.29, 0.717) is 18.4 Å². The van der Waals surface area contributed by atoms with Crippen LogP contribution in [0.5, 0.6) is 0 Å². The number of nitrogens with zero attached hydrogens (tertiary/aromatic N) is 3. The number of carbonyl (C=O) groups excluding carboxylic acids is 1. The molecule has 0 bridgehead atoms. The highest BCUT2D eigenvalue weighted by atomic mass is 16.4. The van der Waals surface area contributed by atoms with Crippen molar-refractivity contribution in [2.75, 3.05) is 7.05 Å². The third-order valence-corrected chi connectivity index (χ3v) is 4.36. The number of carboxylic acid groups (broad SMARTS) is 1. The second-order valence-corrected chi connectivity index (χ2v) is 5.75. The molecule has 1 aliphatic carbocycles. The van der Waals surface area contributed by atoms with Crippen molar-refractivity contribution in [1.82, 2.24) is 14.7 Å². The number of rotatable bonds is 5. The number of aryl methyl sites for hydroxylation is 1. The molecule has 1 saturated carbocycles. The van der Waals surface area contributed by atoms with Gasteiger partial charge < -0.3 is 10.0 Å². The van der Waals surface area contributed by atoms with Gasteiger partial charge in [-0.1, -0.05) is 26.2 Å². The van der Waals surface area contributed by atoms with Gasteiger partial charge in [-0.15, -0.1) is 0 Å². The molecule has 116 valence electrons. The second-order valence-electron chi connectivity index (χ2n) is 5.75. The van der Waals surface area contributed by atoms with Gasteiger partial charge >= 0.3 is 5.97 Å². The smallest absolute Gasteiger partial charge is 0.329 e. The average molecular weight is 293 g/mol. The van der Waals surface area contributed by atoms with Crippen LogP contribution in [-0.2, 0) is 11.3 Å². The number of hydrogen-bond donors (Lipinski definition) is 1. The fraction of sp³-hybridized carbons (Fsp3) is 0.667. The Hall–Kier alpha value is -1.85. The highest BCUT2D eigenvalue weighted by Gasteiger charge is 2.45. The number of hydrogen-bond acceptors (Lipinski definition) is 3. The largest absolute Gasteiger partial charge is 0.479 e. The van der Waals surface area contributed by atoms with Crippen molar-refractivity contribution in [1.29, 1.82) is 0 Å². The van der Waals surface area contributed by atoms with Crippen LogP contribution < -0.4 is 0 Å². The van der Waals surface area contributed by atoms with E-state index < -0.39 is 11.5 Å². The van der Waals surface area contributed by atoms with Gasteiger partial charge in [-0.05, 0) is 19.3 Å². The van der Waals surface area contributed by atoms with Gasteiger partial charge in [0, 0.05) is 19.8 Å². The van der Waals surface area contributed by atoms with E-state index in [0.717, 1.165) is 32.2 Å². The number of amides is 1. The van der Waals surface area contributed by atoms with Crippen molar-refractivity contribution >= 4 is 11.9 Å². The van der Waals surface area contributed by atoms with E-state index in [-0.39, 0.29) is 5.91 Å². The average Bonchev–Trinajstić information content (AvgIpc) is 2.95. The Labute approximate surface area is 124 Å². The zero-order chi connectivity index (χ0) is 15.5. The predicted molar refractivity (Wildman–Crippen MR) is 78.1 cm³/mol. The molecule has 0 atom stereocenters. The van der Waals surface area contributed by atoms with E-state index in [1.807, 2.05) is 6.92 Å². The number of carboxylic acids is 1. The lowest BCUT2D eigenvalue weighted by Crippen LogP contribution is -2.56. The summed E-state index contributed by atoms with van der Waals surface area (Å²) in [5, 5.41) is 13.8. The fourth-order valence-electron chi connectivity index (χ4n) is 3.04. The number of likely N-dealkylation sites (N-methyl/N-ethyl adjacent to an activating group) is 1. The molecule has 1 aromatic rings. The molecular formula is C15H23N3O3. The van der Waals surface area contributed by atoms with Crippen LogP contribution in [0.3, 0.4) is 0 Å². The van der Waals surface area contributed by atoms with Crippen LogP contribution in [0.4, 0.5) is 0 Å². The number of aliphatic carboxylic acids is 1. The molecule has 6 nitrogen and oxygen atoms in total. The Morgan fingerprint density at radius 1 is 1.38 bits per heavy atom. The summed E-state index contributed by atoms with van der Waals surface area (Å²) < 4.78 is 1.72. The lowest BCUT2D eigenvalue weighted by atomic mass is 9.80. The summed E-state index contributed by atoms with van der Waals surface area (Å²) in [7, 11) is 1.60. The molecule has 0 aromatic carbocycles. The Bertz CT molecular complexity index is 518. The van der Waals surface area contributed by atoms with Gasteiger partial charge in [0.2, 0.25) is 0 Å². The minimum atomic E-state index is -1.07. The highest BCUT2D eigenvalue weighted by molar-refractivity contribution is 5.97. The van der Waals surface area contributed by atoms with Crippen molar-refractivity contribution in [3.8, 4) is 0 Å². The lowest BCUT2D eigenvalue weighted by molar-refractivity contribution is -0.151. The standard InChI is InChI=1S/C15H23N3O3/c1-3-9-18-11-12(10-16-18)13(19)17(2)15(14(20)21)7-5-4-6-8-15/h10-11H,3-9H2,1-2H3,(H,20,21). The highest BCUT2D eigenvalue weighted by Crippen LogP contribution is 2.34. The predicted octanol–water partition coefficient (Wildman–Crippen LogP) is 2.15. The molecule has 0 unspecified atom stereocenters. The van der Waals surface area contributed by atoms with Gasteiger partial charge in [0.1, 0.15) is 5.54 Å². The monoisotopic (exact) mass is 293 g/mol. The van der Waals surface area contributed by atoms with Crippen LogP contribution in [0.1, 0.15) is 55.8 Å². The van der Waals surface area contributed by atoms with Crippen LogP contribution in [0.2, 0.25) is 0 Å². The summed E-state index contributed by atoms with van der Waals surface area (Å²) >= 11 is 0. The van der Waals surface area contributed by atoms with E-state index in [4.69, 9.17) is 0 Å². The van der Waals surface area contributed by atoms with Crippen molar-refractivity contribution in [2.45, 2.75) is 57.5 Å². The maximum absolute atomic E-state index is 12.6. The molecule has 1 amide bonds. The molecule has 1 fully saturated rings. The van der Waals surface area contributed by atoms with Crippen molar-refractivity contribution in [2.24, 2.45) is 0 Å². The molecule has 1 aliphatic rings. The van der Waals surface area contributed by atoms with E-state index in [9.17, 15) is 14.7 Å². The first-order chi connectivity index (χ1) is 10.0. The first-order valence-corrected chi connectivity index (χ1v) is 7.55. The van der Waals surface area contributed by atoms with Gasteiger partial charge in [0.05, 0.1) is 11.8 Å². The zero-order valence-electron chi connectivity index (χ0n) is 12.7. The molecule has 1 aromatic heterocycles. The van der Waals surface area contributed by atoms with Gasteiger partial charge in [-0.2, -0.15) is 5.10 Å². The van der Waals surface area contributed by atoms with E-state index in [1.54, 1.807) is 17.9 Å². The minimum absolute atomic E-state index is 0.262. The summed E-state index contributed by atoms with van der Waals surface area (Å²) in [6.07, 6.45) is 7.92. The molecular weight excluding hydrogens is 270 g/mol. The first-order valence-electron chi connectivity index (χ1n) is 7.55. The molecule has 21 heavy (non-hydrogen) atoms. The fourth-order valence-corrected chi connectivity index (χ4v) is 3.04.